The van der Waals surface area contributed by atoms with Gasteiger partial charge in [-0.2, -0.15) is 5.10 Å². The molecule has 0 spiro atoms. The maximum atomic E-state index is 5.39. The first-order valence-corrected chi connectivity index (χ1v) is 7.34. The van der Waals surface area contributed by atoms with Crippen LogP contribution in [0.1, 0.15) is 19.4 Å². The summed E-state index contributed by atoms with van der Waals surface area (Å²) in [6, 6.07) is 11.4. The summed E-state index contributed by atoms with van der Waals surface area (Å²) in [5.74, 6) is 0.831. The van der Waals surface area contributed by atoms with Gasteiger partial charge in [0, 0.05) is 23.6 Å². The molecule has 0 saturated heterocycles. The van der Waals surface area contributed by atoms with Crippen LogP contribution in [0.15, 0.2) is 53.9 Å². The fourth-order valence-corrected chi connectivity index (χ4v) is 1.90. The van der Waals surface area contributed by atoms with Crippen LogP contribution in [0.2, 0.25) is 0 Å². The van der Waals surface area contributed by atoms with E-state index in [4.69, 9.17) is 17.0 Å². The summed E-state index contributed by atoms with van der Waals surface area (Å²) in [7, 11) is 0. The van der Waals surface area contributed by atoms with Gasteiger partial charge in [-0.05, 0) is 56.4 Å². The highest BCUT2D eigenvalue weighted by Crippen LogP contribution is 2.15. The first kappa shape index (κ1) is 15.9. The number of rotatable bonds is 5. The number of anilines is 1. The van der Waals surface area contributed by atoms with Gasteiger partial charge in [0.15, 0.2) is 5.11 Å². The summed E-state index contributed by atoms with van der Waals surface area (Å²) in [5, 5.41) is 7.72. The van der Waals surface area contributed by atoms with Gasteiger partial charge < -0.3 is 10.1 Å². The van der Waals surface area contributed by atoms with Crippen LogP contribution in [0.25, 0.3) is 0 Å². The topological polar surface area (TPSA) is 58.5 Å². The minimum absolute atomic E-state index is 0.424. The molecule has 6 heteroatoms. The van der Waals surface area contributed by atoms with Gasteiger partial charge in [0.05, 0.1) is 12.3 Å². The molecule has 2 N–H and O–H groups in total. The number of hydrogen-bond acceptors (Lipinski definition) is 4. The van der Waals surface area contributed by atoms with Crippen LogP contribution in [0.4, 0.5) is 5.69 Å². The molecule has 0 amide bonds. The van der Waals surface area contributed by atoms with Crippen LogP contribution in [0.3, 0.4) is 0 Å². The van der Waals surface area contributed by atoms with Crippen LogP contribution in [-0.4, -0.2) is 22.4 Å². The number of ether oxygens (including phenoxy) is 1. The Morgan fingerprint density at radius 2 is 2.05 bits per heavy atom. The molecular formula is C16H18N4OS. The molecule has 5 nitrogen and oxygen atoms in total. The van der Waals surface area contributed by atoms with Crippen molar-refractivity contribution in [1.82, 2.24) is 10.4 Å². The van der Waals surface area contributed by atoms with Gasteiger partial charge in [-0.25, -0.2) is 0 Å². The second kappa shape index (κ2) is 8.09. The zero-order valence-electron chi connectivity index (χ0n) is 12.5. The summed E-state index contributed by atoms with van der Waals surface area (Å²) in [5.41, 5.74) is 5.44. The Morgan fingerprint density at radius 1 is 1.27 bits per heavy atom. The summed E-state index contributed by atoms with van der Waals surface area (Å²) in [4.78, 5) is 4.05. The van der Waals surface area contributed by atoms with E-state index >= 15 is 0 Å². The molecule has 1 aromatic carbocycles. The van der Waals surface area contributed by atoms with Gasteiger partial charge in [-0.15, -0.1) is 0 Å². The highest BCUT2D eigenvalue weighted by atomic mass is 32.1. The fourth-order valence-electron chi connectivity index (χ4n) is 1.74. The standard InChI is InChI=1S/C16H18N4OS/c1-3-21-15-8-6-14(7-9-15)18-16(22)20-19-12(2)13-5-4-10-17-11-13/h4-11H,3H2,1-2H3,(H2,18,20,22)/b19-12-. The molecule has 1 heterocycles. The van der Waals surface area contributed by atoms with E-state index in [2.05, 4.69) is 20.8 Å². The van der Waals surface area contributed by atoms with Gasteiger partial charge in [-0.3, -0.25) is 10.4 Å². The third kappa shape index (κ3) is 4.82. The summed E-state index contributed by atoms with van der Waals surface area (Å²) in [6.07, 6.45) is 3.48. The number of benzene rings is 1. The predicted octanol–water partition coefficient (Wildman–Crippen LogP) is 3.19. The van der Waals surface area contributed by atoms with E-state index in [-0.39, 0.29) is 0 Å². The number of nitrogens with one attached hydrogen (secondary N) is 2. The molecule has 0 atom stereocenters. The van der Waals surface area contributed by atoms with Crippen molar-refractivity contribution in [2.24, 2.45) is 5.10 Å². The van der Waals surface area contributed by atoms with E-state index in [1.54, 1.807) is 12.4 Å². The van der Waals surface area contributed by atoms with Gasteiger partial charge in [-0.1, -0.05) is 6.07 Å². The lowest BCUT2D eigenvalue weighted by Crippen LogP contribution is -2.24. The molecule has 0 saturated carbocycles. The molecule has 0 aliphatic rings. The minimum atomic E-state index is 0.424. The number of hydrazone groups is 1. The van der Waals surface area contributed by atoms with Crippen molar-refractivity contribution >= 4 is 28.7 Å². The summed E-state index contributed by atoms with van der Waals surface area (Å²) in [6.45, 7) is 4.49. The molecular weight excluding hydrogens is 296 g/mol. The number of pyridine rings is 1. The lowest BCUT2D eigenvalue weighted by molar-refractivity contribution is 0.340. The van der Waals surface area contributed by atoms with Crippen LogP contribution >= 0.6 is 12.2 Å². The second-order valence-electron chi connectivity index (χ2n) is 4.46. The highest BCUT2D eigenvalue weighted by Gasteiger charge is 1.99. The molecule has 114 valence electrons. The predicted molar refractivity (Wildman–Crippen MR) is 93.4 cm³/mol. The van der Waals surface area contributed by atoms with E-state index < -0.39 is 0 Å². The normalized spacial score (nSPS) is 10.9. The molecule has 0 aliphatic carbocycles. The van der Waals surface area contributed by atoms with Gasteiger partial charge >= 0.3 is 0 Å². The average Bonchev–Trinajstić information content (AvgIpc) is 2.55. The monoisotopic (exact) mass is 314 g/mol. The lowest BCUT2D eigenvalue weighted by Gasteiger charge is -2.09. The van der Waals surface area contributed by atoms with E-state index in [9.17, 15) is 0 Å². The smallest absolute Gasteiger partial charge is 0.191 e. The zero-order chi connectivity index (χ0) is 15.8. The molecule has 0 unspecified atom stereocenters. The van der Waals surface area contributed by atoms with Crippen molar-refractivity contribution in [2.75, 3.05) is 11.9 Å². The maximum Gasteiger partial charge on any atom is 0.191 e. The zero-order valence-corrected chi connectivity index (χ0v) is 13.4. The third-order valence-electron chi connectivity index (χ3n) is 2.83. The summed E-state index contributed by atoms with van der Waals surface area (Å²) < 4.78 is 5.39. The quantitative estimate of drug-likeness (QED) is 0.504. The van der Waals surface area contributed by atoms with Crippen molar-refractivity contribution in [1.29, 1.82) is 0 Å². The lowest BCUT2D eigenvalue weighted by atomic mass is 10.2. The molecule has 2 rings (SSSR count). The maximum absolute atomic E-state index is 5.39. The van der Waals surface area contributed by atoms with Gasteiger partial charge in [0.25, 0.3) is 0 Å². The van der Waals surface area contributed by atoms with Crippen molar-refractivity contribution in [3.8, 4) is 5.75 Å². The molecule has 0 radical (unpaired) electrons. The Morgan fingerprint density at radius 3 is 2.68 bits per heavy atom. The number of aromatic nitrogens is 1. The summed E-state index contributed by atoms with van der Waals surface area (Å²) >= 11 is 5.21. The van der Waals surface area contributed by atoms with Crippen molar-refractivity contribution in [3.05, 3.63) is 54.4 Å². The molecule has 2 aromatic rings. The van der Waals surface area contributed by atoms with E-state index in [1.807, 2.05) is 50.2 Å². The Kier molecular flexibility index (Phi) is 5.85. The SMILES string of the molecule is CCOc1ccc(NC(=S)N/N=C(/C)c2cccnc2)cc1. The van der Waals surface area contributed by atoms with E-state index in [1.165, 1.54) is 0 Å². The molecule has 1 aromatic heterocycles. The molecule has 0 fully saturated rings. The third-order valence-corrected chi connectivity index (χ3v) is 3.02. The van der Waals surface area contributed by atoms with Gasteiger partial charge in [0.2, 0.25) is 0 Å². The molecule has 0 aliphatic heterocycles. The minimum Gasteiger partial charge on any atom is -0.494 e. The van der Waals surface area contributed by atoms with Crippen molar-refractivity contribution in [3.63, 3.8) is 0 Å². The largest absolute Gasteiger partial charge is 0.494 e. The number of hydrogen-bond donors (Lipinski definition) is 2. The molecule has 22 heavy (non-hydrogen) atoms. The van der Waals surface area contributed by atoms with Crippen LogP contribution < -0.4 is 15.5 Å². The first-order chi connectivity index (χ1) is 10.7. The number of nitrogens with zero attached hydrogens (tertiary/aromatic N) is 2. The van der Waals surface area contributed by atoms with E-state index in [0.717, 1.165) is 22.7 Å². The highest BCUT2D eigenvalue weighted by molar-refractivity contribution is 7.80. The fraction of sp³-hybridized carbons (Fsp3) is 0.188. The Hall–Kier alpha value is -2.47. The van der Waals surface area contributed by atoms with Crippen LogP contribution in [0, 0.1) is 0 Å². The average molecular weight is 314 g/mol. The molecule has 0 bridgehead atoms. The second-order valence-corrected chi connectivity index (χ2v) is 4.87. The Balaban J connectivity index is 1.90. The number of thiocarbonyl (C=S) groups is 1. The Bertz CT molecular complexity index is 641. The van der Waals surface area contributed by atoms with Crippen LogP contribution in [-0.2, 0) is 0 Å². The van der Waals surface area contributed by atoms with E-state index in [0.29, 0.717) is 11.7 Å². The van der Waals surface area contributed by atoms with Gasteiger partial charge in [0.1, 0.15) is 5.75 Å². The van der Waals surface area contributed by atoms with Crippen molar-refractivity contribution < 1.29 is 4.74 Å². The van der Waals surface area contributed by atoms with Crippen LogP contribution in [0.5, 0.6) is 5.75 Å². The Labute approximate surface area is 135 Å². The van der Waals surface area contributed by atoms with Crippen molar-refractivity contribution in [2.45, 2.75) is 13.8 Å². The first-order valence-electron chi connectivity index (χ1n) is 6.93.